The van der Waals surface area contributed by atoms with Gasteiger partial charge in [-0.2, -0.15) is 0 Å². The Labute approximate surface area is 88.1 Å². The zero-order valence-corrected chi connectivity index (χ0v) is 8.83. The molecule has 0 fully saturated rings. The summed E-state index contributed by atoms with van der Waals surface area (Å²) in [4.78, 5) is 13.2. The van der Waals surface area contributed by atoms with Crippen LogP contribution in [-0.2, 0) is 0 Å². The number of benzene rings is 1. The SMILES string of the molecule is CCCN(C)C(=O)c1cc(F)ccc1O. The smallest absolute Gasteiger partial charge is 0.257 e. The van der Waals surface area contributed by atoms with Crippen molar-refractivity contribution in [3.63, 3.8) is 0 Å². The Morgan fingerprint density at radius 3 is 2.80 bits per heavy atom. The number of amides is 1. The zero-order chi connectivity index (χ0) is 11.4. The third-order valence-electron chi connectivity index (χ3n) is 2.09. The Hall–Kier alpha value is -1.58. The van der Waals surface area contributed by atoms with Gasteiger partial charge in [-0.05, 0) is 24.6 Å². The predicted octanol–water partition coefficient (Wildman–Crippen LogP) is 2.01. The molecule has 1 amide bonds. The molecular formula is C11H14FNO2. The monoisotopic (exact) mass is 211 g/mol. The summed E-state index contributed by atoms with van der Waals surface area (Å²) in [6.07, 6.45) is 0.818. The van der Waals surface area contributed by atoms with Crippen molar-refractivity contribution in [1.82, 2.24) is 4.90 Å². The van der Waals surface area contributed by atoms with Crippen molar-refractivity contribution in [1.29, 1.82) is 0 Å². The maximum atomic E-state index is 12.9. The van der Waals surface area contributed by atoms with E-state index in [2.05, 4.69) is 0 Å². The summed E-state index contributed by atoms with van der Waals surface area (Å²) in [5, 5.41) is 9.41. The van der Waals surface area contributed by atoms with Gasteiger partial charge in [0.15, 0.2) is 0 Å². The topological polar surface area (TPSA) is 40.5 Å². The van der Waals surface area contributed by atoms with Gasteiger partial charge in [0.25, 0.3) is 5.91 Å². The summed E-state index contributed by atoms with van der Waals surface area (Å²) < 4.78 is 12.9. The minimum atomic E-state index is -0.527. The summed E-state index contributed by atoms with van der Waals surface area (Å²) in [5.41, 5.74) is 0.00551. The van der Waals surface area contributed by atoms with Gasteiger partial charge in [0, 0.05) is 13.6 Å². The Balaban J connectivity index is 2.95. The van der Waals surface area contributed by atoms with E-state index in [9.17, 15) is 14.3 Å². The van der Waals surface area contributed by atoms with Crippen LogP contribution in [0.2, 0.25) is 0 Å². The molecule has 0 bridgehead atoms. The molecule has 0 spiro atoms. The largest absolute Gasteiger partial charge is 0.507 e. The summed E-state index contributed by atoms with van der Waals surface area (Å²) >= 11 is 0. The van der Waals surface area contributed by atoms with E-state index in [0.717, 1.165) is 18.6 Å². The molecular weight excluding hydrogens is 197 g/mol. The molecule has 0 unspecified atom stereocenters. The number of phenols is 1. The molecule has 0 saturated carbocycles. The first-order chi connectivity index (χ1) is 7.06. The molecule has 0 atom stereocenters. The van der Waals surface area contributed by atoms with Crippen LogP contribution in [-0.4, -0.2) is 29.5 Å². The third kappa shape index (κ3) is 2.68. The number of hydrogen-bond donors (Lipinski definition) is 1. The first-order valence-corrected chi connectivity index (χ1v) is 4.80. The predicted molar refractivity (Wildman–Crippen MR) is 55.3 cm³/mol. The molecule has 0 aromatic heterocycles. The lowest BCUT2D eigenvalue weighted by atomic mass is 10.1. The average Bonchev–Trinajstić information content (AvgIpc) is 2.21. The molecule has 4 heteroatoms. The number of aromatic hydroxyl groups is 1. The summed E-state index contributed by atoms with van der Waals surface area (Å²) in [6, 6.07) is 3.35. The maximum Gasteiger partial charge on any atom is 0.257 e. The van der Waals surface area contributed by atoms with Crippen molar-refractivity contribution in [2.75, 3.05) is 13.6 Å². The molecule has 0 aliphatic heterocycles. The number of nitrogens with zero attached hydrogens (tertiary/aromatic N) is 1. The number of hydrogen-bond acceptors (Lipinski definition) is 2. The lowest BCUT2D eigenvalue weighted by Gasteiger charge is -2.16. The van der Waals surface area contributed by atoms with Crippen molar-refractivity contribution in [2.24, 2.45) is 0 Å². The van der Waals surface area contributed by atoms with E-state index in [1.54, 1.807) is 7.05 Å². The number of halogens is 1. The molecule has 0 saturated heterocycles. The van der Waals surface area contributed by atoms with Gasteiger partial charge < -0.3 is 10.0 Å². The van der Waals surface area contributed by atoms with E-state index in [4.69, 9.17) is 0 Å². The lowest BCUT2D eigenvalue weighted by Crippen LogP contribution is -2.27. The molecule has 1 aromatic carbocycles. The number of rotatable bonds is 3. The second kappa shape index (κ2) is 4.77. The average molecular weight is 211 g/mol. The minimum absolute atomic E-state index is 0.00551. The Kier molecular flexibility index (Phi) is 3.66. The second-order valence-electron chi connectivity index (χ2n) is 3.39. The highest BCUT2D eigenvalue weighted by molar-refractivity contribution is 5.96. The first kappa shape index (κ1) is 11.5. The first-order valence-electron chi connectivity index (χ1n) is 4.80. The van der Waals surface area contributed by atoms with Crippen molar-refractivity contribution < 1.29 is 14.3 Å². The molecule has 1 aromatic rings. The van der Waals surface area contributed by atoms with Crippen LogP contribution in [0.15, 0.2) is 18.2 Å². The van der Waals surface area contributed by atoms with Gasteiger partial charge in [0.2, 0.25) is 0 Å². The number of carbonyl (C=O) groups excluding carboxylic acids is 1. The fraction of sp³-hybridized carbons (Fsp3) is 0.364. The highest BCUT2D eigenvalue weighted by Crippen LogP contribution is 2.19. The quantitative estimate of drug-likeness (QED) is 0.830. The van der Waals surface area contributed by atoms with Gasteiger partial charge in [-0.1, -0.05) is 6.92 Å². The molecule has 1 N–H and O–H groups in total. The van der Waals surface area contributed by atoms with Gasteiger partial charge in [0.1, 0.15) is 11.6 Å². The van der Waals surface area contributed by atoms with Crippen molar-refractivity contribution >= 4 is 5.91 Å². The fourth-order valence-corrected chi connectivity index (χ4v) is 1.32. The van der Waals surface area contributed by atoms with E-state index >= 15 is 0 Å². The normalized spacial score (nSPS) is 10.1. The molecule has 0 radical (unpaired) electrons. The molecule has 1 rings (SSSR count). The van der Waals surface area contributed by atoms with Gasteiger partial charge in [-0.3, -0.25) is 4.79 Å². The van der Waals surface area contributed by atoms with Crippen molar-refractivity contribution in [3.8, 4) is 5.75 Å². The van der Waals surface area contributed by atoms with Crippen LogP contribution >= 0.6 is 0 Å². The van der Waals surface area contributed by atoms with Gasteiger partial charge >= 0.3 is 0 Å². The minimum Gasteiger partial charge on any atom is -0.507 e. The van der Waals surface area contributed by atoms with Crippen molar-refractivity contribution in [2.45, 2.75) is 13.3 Å². The lowest BCUT2D eigenvalue weighted by molar-refractivity contribution is 0.0791. The van der Waals surface area contributed by atoms with Gasteiger partial charge in [-0.15, -0.1) is 0 Å². The maximum absolute atomic E-state index is 12.9. The molecule has 0 heterocycles. The summed E-state index contributed by atoms with van der Waals surface area (Å²) in [7, 11) is 1.62. The van der Waals surface area contributed by atoms with Gasteiger partial charge in [0.05, 0.1) is 5.56 Å². The Morgan fingerprint density at radius 2 is 2.20 bits per heavy atom. The van der Waals surface area contributed by atoms with E-state index < -0.39 is 5.82 Å². The van der Waals surface area contributed by atoms with Crippen molar-refractivity contribution in [3.05, 3.63) is 29.6 Å². The van der Waals surface area contributed by atoms with Gasteiger partial charge in [-0.25, -0.2) is 4.39 Å². The molecule has 15 heavy (non-hydrogen) atoms. The molecule has 3 nitrogen and oxygen atoms in total. The number of carbonyl (C=O) groups is 1. The molecule has 0 aliphatic rings. The summed E-state index contributed by atoms with van der Waals surface area (Å²) in [5.74, 6) is -1.08. The van der Waals surface area contributed by atoms with Crippen LogP contribution in [0, 0.1) is 5.82 Å². The van der Waals surface area contributed by atoms with E-state index in [-0.39, 0.29) is 17.2 Å². The van der Waals surface area contributed by atoms with Crippen LogP contribution in [0.4, 0.5) is 4.39 Å². The van der Waals surface area contributed by atoms with Crippen LogP contribution in [0.25, 0.3) is 0 Å². The van der Waals surface area contributed by atoms with Crippen LogP contribution in [0.1, 0.15) is 23.7 Å². The van der Waals surface area contributed by atoms with Crippen LogP contribution < -0.4 is 0 Å². The zero-order valence-electron chi connectivity index (χ0n) is 8.83. The third-order valence-corrected chi connectivity index (χ3v) is 2.09. The van der Waals surface area contributed by atoms with Crippen LogP contribution in [0.3, 0.4) is 0 Å². The summed E-state index contributed by atoms with van der Waals surface area (Å²) in [6.45, 7) is 2.52. The van der Waals surface area contributed by atoms with E-state index in [1.807, 2.05) is 6.92 Å². The fourth-order valence-electron chi connectivity index (χ4n) is 1.32. The van der Waals surface area contributed by atoms with E-state index in [0.29, 0.717) is 6.54 Å². The Bertz CT molecular complexity index is 366. The van der Waals surface area contributed by atoms with E-state index in [1.165, 1.54) is 11.0 Å². The second-order valence-corrected chi connectivity index (χ2v) is 3.39. The Morgan fingerprint density at radius 1 is 1.53 bits per heavy atom. The highest BCUT2D eigenvalue weighted by atomic mass is 19.1. The standard InChI is InChI=1S/C11H14FNO2/c1-3-6-13(2)11(15)9-7-8(12)4-5-10(9)14/h4-5,7,14H,3,6H2,1-2H3. The molecule has 82 valence electrons. The van der Waals surface area contributed by atoms with Crippen LogP contribution in [0.5, 0.6) is 5.75 Å². The molecule has 0 aliphatic carbocycles. The highest BCUT2D eigenvalue weighted by Gasteiger charge is 2.15. The number of phenolic OH excluding ortho intramolecular Hbond substituents is 1.